The van der Waals surface area contributed by atoms with Gasteiger partial charge in [-0.25, -0.2) is 0 Å². The Morgan fingerprint density at radius 1 is 1.54 bits per heavy atom. The second-order valence-electron chi connectivity index (χ2n) is 3.15. The Kier molecular flexibility index (Phi) is 1.93. The molecule has 68 valence electrons. The summed E-state index contributed by atoms with van der Waals surface area (Å²) in [5.41, 5.74) is 0.911. The van der Waals surface area contributed by atoms with Crippen LogP contribution in [-0.2, 0) is 9.53 Å². The summed E-state index contributed by atoms with van der Waals surface area (Å²) in [6.45, 7) is 0. The van der Waals surface area contributed by atoms with Crippen LogP contribution in [0.25, 0.3) is 0 Å². The number of allylic oxidation sites excluding steroid dienone is 2. The van der Waals surface area contributed by atoms with E-state index in [0.717, 1.165) is 5.57 Å². The van der Waals surface area contributed by atoms with Crippen LogP contribution in [0.15, 0.2) is 36.1 Å². The highest BCUT2D eigenvalue weighted by atomic mass is 16.5. The molecule has 2 aliphatic rings. The molecule has 0 aromatic carbocycles. The van der Waals surface area contributed by atoms with E-state index in [-0.39, 0.29) is 18.4 Å². The van der Waals surface area contributed by atoms with E-state index in [2.05, 4.69) is 0 Å². The van der Waals surface area contributed by atoms with Crippen molar-refractivity contribution in [2.75, 3.05) is 0 Å². The fourth-order valence-corrected chi connectivity index (χ4v) is 1.67. The quantitative estimate of drug-likeness (QED) is 0.696. The first-order chi connectivity index (χ1) is 6.27. The molecule has 2 rings (SSSR count). The molecule has 0 bridgehead atoms. The Labute approximate surface area is 76.0 Å². The molecule has 0 spiro atoms. The van der Waals surface area contributed by atoms with Crippen LogP contribution in [0, 0.1) is 5.92 Å². The van der Waals surface area contributed by atoms with Crippen LogP contribution in [0.4, 0.5) is 0 Å². The molecule has 1 aliphatic carbocycles. The van der Waals surface area contributed by atoms with E-state index < -0.39 is 5.97 Å². The van der Waals surface area contributed by atoms with Gasteiger partial charge in [0.05, 0.1) is 12.7 Å². The number of hydrogen-bond donors (Lipinski definition) is 1. The Morgan fingerprint density at radius 3 is 3.15 bits per heavy atom. The summed E-state index contributed by atoms with van der Waals surface area (Å²) in [4.78, 5) is 10.5. The van der Waals surface area contributed by atoms with Crippen molar-refractivity contribution in [2.45, 2.75) is 12.5 Å². The van der Waals surface area contributed by atoms with Crippen LogP contribution in [0.3, 0.4) is 0 Å². The monoisotopic (exact) mass is 178 g/mol. The van der Waals surface area contributed by atoms with Gasteiger partial charge in [0.1, 0.15) is 6.10 Å². The van der Waals surface area contributed by atoms with Crippen molar-refractivity contribution in [2.24, 2.45) is 5.92 Å². The maximum Gasteiger partial charge on any atom is 0.307 e. The number of rotatable bonds is 2. The topological polar surface area (TPSA) is 46.5 Å². The van der Waals surface area contributed by atoms with Crippen molar-refractivity contribution >= 4 is 5.97 Å². The highest BCUT2D eigenvalue weighted by molar-refractivity contribution is 5.70. The minimum Gasteiger partial charge on any atom is -0.493 e. The third-order valence-electron chi connectivity index (χ3n) is 2.27. The van der Waals surface area contributed by atoms with E-state index in [1.165, 1.54) is 0 Å². The zero-order valence-electron chi connectivity index (χ0n) is 7.01. The van der Waals surface area contributed by atoms with Crippen LogP contribution in [0.2, 0.25) is 0 Å². The van der Waals surface area contributed by atoms with Crippen LogP contribution < -0.4 is 0 Å². The van der Waals surface area contributed by atoms with Crippen LogP contribution in [-0.4, -0.2) is 17.2 Å². The first kappa shape index (κ1) is 8.10. The average Bonchev–Trinajstić information content (AvgIpc) is 2.51. The number of carboxylic acid groups (broad SMARTS) is 1. The maximum atomic E-state index is 10.5. The number of fused-ring (bicyclic) bond motifs is 1. The largest absolute Gasteiger partial charge is 0.493 e. The van der Waals surface area contributed by atoms with Crippen molar-refractivity contribution < 1.29 is 14.6 Å². The van der Waals surface area contributed by atoms with Gasteiger partial charge in [-0.2, -0.15) is 0 Å². The second kappa shape index (κ2) is 3.09. The molecule has 1 aliphatic heterocycles. The molecule has 0 aromatic rings. The van der Waals surface area contributed by atoms with Gasteiger partial charge in [-0.15, -0.1) is 0 Å². The fourth-order valence-electron chi connectivity index (χ4n) is 1.67. The zero-order chi connectivity index (χ0) is 9.26. The molecular formula is C10H10O3. The smallest absolute Gasteiger partial charge is 0.307 e. The SMILES string of the molecule is O=C(O)CC1=CC=CC2OC=CC12. The van der Waals surface area contributed by atoms with Crippen molar-refractivity contribution in [1.82, 2.24) is 0 Å². The molecule has 0 radical (unpaired) electrons. The average molecular weight is 178 g/mol. The molecule has 0 saturated heterocycles. The van der Waals surface area contributed by atoms with Crippen molar-refractivity contribution in [1.29, 1.82) is 0 Å². The fraction of sp³-hybridized carbons (Fsp3) is 0.300. The molecule has 13 heavy (non-hydrogen) atoms. The third-order valence-corrected chi connectivity index (χ3v) is 2.27. The van der Waals surface area contributed by atoms with E-state index in [4.69, 9.17) is 9.84 Å². The Morgan fingerprint density at radius 2 is 2.38 bits per heavy atom. The summed E-state index contributed by atoms with van der Waals surface area (Å²) in [5.74, 6) is -0.665. The summed E-state index contributed by atoms with van der Waals surface area (Å²) < 4.78 is 5.27. The predicted molar refractivity (Wildman–Crippen MR) is 47.0 cm³/mol. The summed E-state index contributed by atoms with van der Waals surface area (Å²) in [6, 6.07) is 0. The molecule has 0 aromatic heterocycles. The zero-order valence-corrected chi connectivity index (χ0v) is 7.01. The number of carboxylic acids is 1. The van der Waals surface area contributed by atoms with Gasteiger partial charge in [0.15, 0.2) is 0 Å². The Bertz CT molecular complexity index is 312. The van der Waals surface area contributed by atoms with Crippen LogP contribution in [0.5, 0.6) is 0 Å². The Hall–Kier alpha value is -1.51. The summed E-state index contributed by atoms with van der Waals surface area (Å²) in [6.07, 6.45) is 9.30. The van der Waals surface area contributed by atoms with E-state index in [0.29, 0.717) is 0 Å². The lowest BCUT2D eigenvalue weighted by Gasteiger charge is -2.20. The van der Waals surface area contributed by atoms with Gasteiger partial charge in [0, 0.05) is 5.92 Å². The molecule has 0 fully saturated rings. The molecule has 2 atom stereocenters. The molecule has 0 amide bonds. The summed E-state index contributed by atoms with van der Waals surface area (Å²) in [5, 5.41) is 8.66. The van der Waals surface area contributed by atoms with Gasteiger partial charge >= 0.3 is 5.97 Å². The lowest BCUT2D eigenvalue weighted by molar-refractivity contribution is -0.136. The summed E-state index contributed by atoms with van der Waals surface area (Å²) >= 11 is 0. The number of ether oxygens (including phenoxy) is 1. The lowest BCUT2D eigenvalue weighted by atomic mass is 9.88. The lowest BCUT2D eigenvalue weighted by Crippen LogP contribution is -2.19. The van der Waals surface area contributed by atoms with Gasteiger partial charge in [-0.05, 0) is 17.7 Å². The standard InChI is InChI=1S/C10H10O3/c11-10(12)6-7-2-1-3-9-8(7)4-5-13-9/h1-5,8-9H,6H2,(H,11,12). The van der Waals surface area contributed by atoms with Crippen molar-refractivity contribution in [3.63, 3.8) is 0 Å². The molecule has 0 saturated carbocycles. The third kappa shape index (κ3) is 1.49. The highest BCUT2D eigenvalue weighted by Crippen LogP contribution is 2.30. The van der Waals surface area contributed by atoms with Crippen LogP contribution >= 0.6 is 0 Å². The molecule has 1 heterocycles. The van der Waals surface area contributed by atoms with Crippen molar-refractivity contribution in [3.05, 3.63) is 36.1 Å². The van der Waals surface area contributed by atoms with Gasteiger partial charge < -0.3 is 9.84 Å². The predicted octanol–water partition coefficient (Wildman–Crippen LogP) is 1.49. The minimum atomic E-state index is -0.791. The summed E-state index contributed by atoms with van der Waals surface area (Å²) in [7, 11) is 0. The van der Waals surface area contributed by atoms with E-state index in [1.807, 2.05) is 24.3 Å². The van der Waals surface area contributed by atoms with Gasteiger partial charge in [0.25, 0.3) is 0 Å². The minimum absolute atomic E-state index is 0.0133. The van der Waals surface area contributed by atoms with Crippen molar-refractivity contribution in [3.8, 4) is 0 Å². The van der Waals surface area contributed by atoms with Crippen LogP contribution in [0.1, 0.15) is 6.42 Å². The molecular weight excluding hydrogens is 168 g/mol. The second-order valence-corrected chi connectivity index (χ2v) is 3.15. The Balaban J connectivity index is 2.17. The first-order valence-electron chi connectivity index (χ1n) is 4.18. The normalized spacial score (nSPS) is 29.4. The van der Waals surface area contributed by atoms with E-state index in [9.17, 15) is 4.79 Å². The number of hydrogen-bond acceptors (Lipinski definition) is 2. The van der Waals surface area contributed by atoms with E-state index in [1.54, 1.807) is 6.26 Å². The molecule has 2 unspecified atom stereocenters. The van der Waals surface area contributed by atoms with Gasteiger partial charge in [-0.3, -0.25) is 4.79 Å². The number of aliphatic carboxylic acids is 1. The highest BCUT2D eigenvalue weighted by Gasteiger charge is 2.28. The molecule has 1 N–H and O–H groups in total. The molecule has 3 nitrogen and oxygen atoms in total. The first-order valence-corrected chi connectivity index (χ1v) is 4.18. The number of carbonyl (C=O) groups is 1. The maximum absolute atomic E-state index is 10.5. The van der Waals surface area contributed by atoms with E-state index >= 15 is 0 Å². The van der Waals surface area contributed by atoms with Gasteiger partial charge in [-0.1, -0.05) is 12.2 Å². The molecule has 3 heteroatoms. The van der Waals surface area contributed by atoms with Gasteiger partial charge in [0.2, 0.25) is 0 Å².